The van der Waals surface area contributed by atoms with Gasteiger partial charge in [0.25, 0.3) is 0 Å². The lowest BCUT2D eigenvalue weighted by Crippen LogP contribution is -2.19. The van der Waals surface area contributed by atoms with Crippen LogP contribution in [0.25, 0.3) is 0 Å². The van der Waals surface area contributed by atoms with Crippen LogP contribution >= 0.6 is 0 Å². The molecule has 0 radical (unpaired) electrons. The van der Waals surface area contributed by atoms with Crippen LogP contribution in [0, 0.1) is 11.8 Å². The summed E-state index contributed by atoms with van der Waals surface area (Å²) in [7, 11) is 0. The maximum atomic E-state index is 12.1. The van der Waals surface area contributed by atoms with Gasteiger partial charge in [-0.05, 0) is 25.2 Å². The van der Waals surface area contributed by atoms with E-state index in [4.69, 9.17) is 5.11 Å². The Hall–Kier alpha value is -1.20. The SMILES string of the molecule is CCCCC[C@H]1[C@H](O)CC(=O)[C@H]1/C=C/[C@@H](O)CCCCCCC(=O)O. The zero-order chi connectivity index (χ0) is 18.7. The third-order valence-corrected chi connectivity index (χ3v) is 5.06. The third kappa shape index (κ3) is 8.63. The molecule has 3 N–H and O–H groups in total. The summed E-state index contributed by atoms with van der Waals surface area (Å²) >= 11 is 0. The molecule has 5 heteroatoms. The van der Waals surface area contributed by atoms with Crippen molar-refractivity contribution in [3.05, 3.63) is 12.2 Å². The number of rotatable bonds is 13. The highest BCUT2D eigenvalue weighted by atomic mass is 16.4. The molecular weight excluding hydrogens is 320 g/mol. The van der Waals surface area contributed by atoms with Gasteiger partial charge >= 0.3 is 5.97 Å². The van der Waals surface area contributed by atoms with Gasteiger partial charge in [0.2, 0.25) is 0 Å². The molecule has 0 aliphatic heterocycles. The summed E-state index contributed by atoms with van der Waals surface area (Å²) in [4.78, 5) is 22.5. The van der Waals surface area contributed by atoms with E-state index in [0.29, 0.717) is 12.8 Å². The number of aliphatic carboxylic acids is 1. The number of carbonyl (C=O) groups is 2. The molecule has 0 bridgehead atoms. The quantitative estimate of drug-likeness (QED) is 0.348. The Morgan fingerprint density at radius 3 is 2.60 bits per heavy atom. The molecule has 0 unspecified atom stereocenters. The first-order chi connectivity index (χ1) is 12.0. The smallest absolute Gasteiger partial charge is 0.303 e. The van der Waals surface area contributed by atoms with Crippen molar-refractivity contribution in [3.63, 3.8) is 0 Å². The highest BCUT2D eigenvalue weighted by molar-refractivity contribution is 5.85. The molecule has 0 heterocycles. The Bertz CT molecular complexity index is 432. The number of ketones is 1. The number of carboxylic acid groups (broad SMARTS) is 1. The summed E-state index contributed by atoms with van der Waals surface area (Å²) in [6, 6.07) is 0. The molecule has 1 aliphatic rings. The fourth-order valence-corrected chi connectivity index (χ4v) is 3.55. The molecule has 1 aliphatic carbocycles. The molecule has 4 atom stereocenters. The third-order valence-electron chi connectivity index (χ3n) is 5.06. The molecule has 0 aromatic rings. The van der Waals surface area contributed by atoms with Gasteiger partial charge in [-0.15, -0.1) is 0 Å². The first kappa shape index (κ1) is 21.8. The first-order valence-corrected chi connectivity index (χ1v) is 9.74. The molecule has 0 amide bonds. The van der Waals surface area contributed by atoms with E-state index in [0.717, 1.165) is 44.9 Å². The van der Waals surface area contributed by atoms with Gasteiger partial charge in [-0.1, -0.05) is 57.6 Å². The predicted octanol–water partition coefficient (Wildman–Crippen LogP) is 3.48. The van der Waals surface area contributed by atoms with Crippen LogP contribution in [-0.4, -0.2) is 39.3 Å². The fraction of sp³-hybridized carbons (Fsp3) is 0.800. The standard InChI is InChI=1S/C20H34O5/c1-2-3-6-10-16-17(19(23)14-18(16)22)13-12-15(21)9-7-4-5-8-11-20(24)25/h12-13,15-18,21-22H,2-11,14H2,1H3,(H,24,25)/b13-12+/t15-,16+,17-,18+/m0/s1. The monoisotopic (exact) mass is 354 g/mol. The van der Waals surface area contributed by atoms with E-state index in [2.05, 4.69) is 6.92 Å². The zero-order valence-electron chi connectivity index (χ0n) is 15.4. The molecule has 144 valence electrons. The average Bonchev–Trinajstić information content (AvgIpc) is 2.82. The Morgan fingerprint density at radius 2 is 1.92 bits per heavy atom. The second kappa shape index (κ2) is 12.2. The molecule has 1 saturated carbocycles. The van der Waals surface area contributed by atoms with Crippen molar-refractivity contribution in [2.45, 2.75) is 89.8 Å². The predicted molar refractivity (Wildman–Crippen MR) is 97.2 cm³/mol. The van der Waals surface area contributed by atoms with Gasteiger partial charge in [0, 0.05) is 18.8 Å². The molecule has 5 nitrogen and oxygen atoms in total. The molecule has 0 spiro atoms. The van der Waals surface area contributed by atoms with E-state index in [9.17, 15) is 19.8 Å². The van der Waals surface area contributed by atoms with Crippen LogP contribution in [0.5, 0.6) is 0 Å². The van der Waals surface area contributed by atoms with Crippen LogP contribution in [0.15, 0.2) is 12.2 Å². The van der Waals surface area contributed by atoms with Crippen LogP contribution in [0.1, 0.15) is 77.6 Å². The number of Topliss-reactive ketones (excluding diaryl/α,β-unsaturated/α-hetero) is 1. The fourth-order valence-electron chi connectivity index (χ4n) is 3.55. The van der Waals surface area contributed by atoms with Crippen LogP contribution < -0.4 is 0 Å². The second-order valence-electron chi connectivity index (χ2n) is 7.22. The topological polar surface area (TPSA) is 94.8 Å². The van der Waals surface area contributed by atoms with Crippen molar-refractivity contribution in [3.8, 4) is 0 Å². The number of aliphatic hydroxyl groups is 2. The van der Waals surface area contributed by atoms with E-state index in [1.807, 2.05) is 0 Å². The summed E-state index contributed by atoms with van der Waals surface area (Å²) < 4.78 is 0. The Balaban J connectivity index is 2.33. The number of carbonyl (C=O) groups excluding carboxylic acids is 1. The van der Waals surface area contributed by atoms with Gasteiger partial charge in [0.1, 0.15) is 5.78 Å². The van der Waals surface area contributed by atoms with Gasteiger partial charge < -0.3 is 15.3 Å². The van der Waals surface area contributed by atoms with Crippen molar-refractivity contribution in [1.29, 1.82) is 0 Å². The van der Waals surface area contributed by atoms with Gasteiger partial charge in [-0.2, -0.15) is 0 Å². The molecule has 1 fully saturated rings. The Kier molecular flexibility index (Phi) is 10.7. The summed E-state index contributed by atoms with van der Waals surface area (Å²) in [5.74, 6) is -0.971. The Morgan fingerprint density at radius 1 is 1.20 bits per heavy atom. The van der Waals surface area contributed by atoms with Crippen molar-refractivity contribution >= 4 is 11.8 Å². The van der Waals surface area contributed by atoms with E-state index >= 15 is 0 Å². The summed E-state index contributed by atoms with van der Waals surface area (Å²) in [5, 5.41) is 28.7. The average molecular weight is 354 g/mol. The van der Waals surface area contributed by atoms with Gasteiger partial charge in [-0.3, -0.25) is 9.59 Å². The second-order valence-corrected chi connectivity index (χ2v) is 7.22. The van der Waals surface area contributed by atoms with Crippen LogP contribution in [0.2, 0.25) is 0 Å². The van der Waals surface area contributed by atoms with Crippen molar-refractivity contribution in [2.24, 2.45) is 11.8 Å². The van der Waals surface area contributed by atoms with Crippen LogP contribution in [0.4, 0.5) is 0 Å². The minimum absolute atomic E-state index is 0.0153. The molecular formula is C20H34O5. The Labute approximate surface area is 151 Å². The summed E-state index contributed by atoms with van der Waals surface area (Å²) in [5.41, 5.74) is 0. The summed E-state index contributed by atoms with van der Waals surface area (Å²) in [6.07, 6.45) is 10.8. The van der Waals surface area contributed by atoms with E-state index < -0.39 is 18.2 Å². The minimum atomic E-state index is -0.764. The number of unbranched alkanes of at least 4 members (excludes halogenated alkanes) is 5. The number of hydrogen-bond acceptors (Lipinski definition) is 4. The lowest BCUT2D eigenvalue weighted by molar-refractivity contribution is -0.137. The zero-order valence-corrected chi connectivity index (χ0v) is 15.4. The number of hydrogen-bond donors (Lipinski definition) is 3. The molecule has 1 rings (SSSR count). The van der Waals surface area contributed by atoms with Crippen molar-refractivity contribution < 1.29 is 24.9 Å². The highest BCUT2D eigenvalue weighted by Gasteiger charge is 2.39. The van der Waals surface area contributed by atoms with Crippen LogP contribution in [0.3, 0.4) is 0 Å². The summed E-state index contributed by atoms with van der Waals surface area (Å²) in [6.45, 7) is 2.13. The number of allylic oxidation sites excluding steroid dienone is 1. The van der Waals surface area contributed by atoms with Gasteiger partial charge in [-0.25, -0.2) is 0 Å². The molecule has 0 aromatic carbocycles. The number of aliphatic hydroxyl groups excluding tert-OH is 2. The van der Waals surface area contributed by atoms with Gasteiger partial charge in [0.15, 0.2) is 0 Å². The lowest BCUT2D eigenvalue weighted by atomic mass is 9.88. The molecule has 0 saturated heterocycles. The maximum Gasteiger partial charge on any atom is 0.303 e. The highest BCUT2D eigenvalue weighted by Crippen LogP contribution is 2.34. The van der Waals surface area contributed by atoms with Gasteiger partial charge in [0.05, 0.1) is 12.2 Å². The molecule has 0 aromatic heterocycles. The van der Waals surface area contributed by atoms with Crippen molar-refractivity contribution in [2.75, 3.05) is 0 Å². The largest absolute Gasteiger partial charge is 0.481 e. The maximum absolute atomic E-state index is 12.1. The molecule has 25 heavy (non-hydrogen) atoms. The van der Waals surface area contributed by atoms with E-state index in [1.165, 1.54) is 0 Å². The first-order valence-electron chi connectivity index (χ1n) is 9.74. The minimum Gasteiger partial charge on any atom is -0.481 e. The lowest BCUT2D eigenvalue weighted by Gasteiger charge is -2.18. The van der Waals surface area contributed by atoms with Crippen LogP contribution in [-0.2, 0) is 9.59 Å². The van der Waals surface area contributed by atoms with E-state index in [-0.39, 0.29) is 30.5 Å². The number of carboxylic acids is 1. The van der Waals surface area contributed by atoms with Crippen molar-refractivity contribution in [1.82, 2.24) is 0 Å². The normalized spacial score (nSPS) is 24.9. The van der Waals surface area contributed by atoms with E-state index in [1.54, 1.807) is 12.2 Å².